The van der Waals surface area contributed by atoms with Gasteiger partial charge in [0.15, 0.2) is 0 Å². The van der Waals surface area contributed by atoms with Gasteiger partial charge in [-0.1, -0.05) is 0 Å². The van der Waals surface area contributed by atoms with Crippen LogP contribution in [0.15, 0.2) is 0 Å². The molecule has 0 aromatic carbocycles. The van der Waals surface area contributed by atoms with Crippen molar-refractivity contribution in [3.8, 4) is 0 Å². The van der Waals surface area contributed by atoms with E-state index in [9.17, 15) is 10.4 Å². The van der Waals surface area contributed by atoms with E-state index >= 15 is 0 Å². The van der Waals surface area contributed by atoms with Gasteiger partial charge < -0.3 is 10.4 Å². The van der Waals surface area contributed by atoms with Crippen molar-refractivity contribution in [1.82, 2.24) is 5.53 Å². The summed E-state index contributed by atoms with van der Waals surface area (Å²) in [5.74, 6) is 0. The summed E-state index contributed by atoms with van der Waals surface area (Å²) in [6.45, 7) is 0. The van der Waals surface area contributed by atoms with Crippen LogP contribution in [0.5, 0.6) is 0 Å². The molecular weight excluding hydrogens is 114 g/mol. The first-order chi connectivity index (χ1) is 3.66. The molecular formula is C2H9N3O3. The molecule has 0 aliphatic carbocycles. The van der Waals surface area contributed by atoms with E-state index in [2.05, 4.69) is 4.84 Å². The number of rotatable bonds is 3. The van der Waals surface area contributed by atoms with Crippen LogP contribution in [-0.4, -0.2) is 14.2 Å². The quantitative estimate of drug-likeness (QED) is 0.338. The number of quaternary nitrogens is 2. The Bertz CT molecular complexity index is 58.5. The minimum Gasteiger partial charge on any atom is -0.609 e. The van der Waals surface area contributed by atoms with Crippen LogP contribution >= 0.6 is 0 Å². The predicted molar refractivity (Wildman–Crippen MR) is 24.7 cm³/mol. The third-order valence-electron chi connectivity index (χ3n) is 0.463. The van der Waals surface area contributed by atoms with Crippen molar-refractivity contribution >= 4 is 0 Å². The summed E-state index contributed by atoms with van der Waals surface area (Å²) in [6.07, 6.45) is 0. The minimum absolute atomic E-state index is 0.420. The van der Waals surface area contributed by atoms with Crippen molar-refractivity contribution in [1.29, 1.82) is 0 Å². The Morgan fingerprint density at radius 1 is 1.50 bits per heavy atom. The second-order valence-corrected chi connectivity index (χ2v) is 1.17. The number of hydrogen-bond acceptors (Lipinski definition) is 4. The minimum atomic E-state index is -0.725. The van der Waals surface area contributed by atoms with E-state index in [4.69, 9.17) is 0 Å². The topological polar surface area (TPSA) is 76.3 Å². The zero-order valence-corrected chi connectivity index (χ0v) is 4.72. The van der Waals surface area contributed by atoms with Crippen LogP contribution in [-0.2, 0) is 4.84 Å². The highest BCUT2D eigenvalue weighted by molar-refractivity contribution is 3.88. The normalized spacial score (nSPS) is 18.0. The molecule has 0 rings (SSSR count). The lowest BCUT2D eigenvalue weighted by Gasteiger charge is -2.21. The molecule has 2 atom stereocenters. The first-order valence-corrected chi connectivity index (χ1v) is 2.02. The lowest BCUT2D eigenvalue weighted by atomic mass is 11.5. The third-order valence-corrected chi connectivity index (χ3v) is 0.463. The summed E-state index contributed by atoms with van der Waals surface area (Å²) in [6, 6.07) is 0. The van der Waals surface area contributed by atoms with Crippen molar-refractivity contribution in [2.45, 2.75) is 0 Å². The lowest BCUT2D eigenvalue weighted by molar-refractivity contribution is -1.20. The van der Waals surface area contributed by atoms with E-state index in [1.807, 2.05) is 5.53 Å². The van der Waals surface area contributed by atoms with E-state index in [0.29, 0.717) is 0 Å². The van der Waals surface area contributed by atoms with Gasteiger partial charge in [-0.15, -0.1) is 5.34 Å². The molecule has 0 aromatic heterocycles. The summed E-state index contributed by atoms with van der Waals surface area (Å²) >= 11 is 0. The Morgan fingerprint density at radius 3 is 2.12 bits per heavy atom. The fraction of sp³-hybridized carbons (Fsp3) is 1.00. The van der Waals surface area contributed by atoms with Gasteiger partial charge in [-0.3, -0.25) is 0 Å². The van der Waals surface area contributed by atoms with Crippen LogP contribution in [0, 0.1) is 10.4 Å². The van der Waals surface area contributed by atoms with E-state index < -0.39 is 10.5 Å². The van der Waals surface area contributed by atoms with Crippen LogP contribution in [0.25, 0.3) is 0 Å². The zero-order chi connectivity index (χ0) is 6.57. The zero-order valence-electron chi connectivity index (χ0n) is 4.72. The highest BCUT2D eigenvalue weighted by Gasteiger charge is 1.91. The van der Waals surface area contributed by atoms with Crippen LogP contribution < -0.4 is 16.0 Å². The Morgan fingerprint density at radius 2 is 2.00 bits per heavy atom. The number of hydrogen-bond donors (Lipinski definition) is 3. The van der Waals surface area contributed by atoms with Gasteiger partial charge >= 0.3 is 0 Å². The summed E-state index contributed by atoms with van der Waals surface area (Å²) in [5.41, 5.74) is 1.89. The van der Waals surface area contributed by atoms with Gasteiger partial charge in [0.05, 0.1) is 14.2 Å². The van der Waals surface area contributed by atoms with Crippen LogP contribution in [0.3, 0.4) is 0 Å². The smallest absolute Gasteiger partial charge is 0.0985 e. The lowest BCUT2D eigenvalue weighted by Crippen LogP contribution is -3.34. The molecule has 0 aliphatic rings. The van der Waals surface area contributed by atoms with Crippen LogP contribution in [0.4, 0.5) is 0 Å². The molecule has 0 aliphatic heterocycles. The Kier molecular flexibility index (Phi) is 3.61. The average molecular weight is 123 g/mol. The molecule has 0 aromatic rings. The van der Waals surface area contributed by atoms with Gasteiger partial charge in [-0.05, 0) is 0 Å². The van der Waals surface area contributed by atoms with E-state index in [1.165, 1.54) is 14.2 Å². The molecule has 3 N–H and O–H groups in total. The fourth-order valence-electron chi connectivity index (χ4n) is 0.195. The molecule has 6 heteroatoms. The molecule has 0 saturated carbocycles. The fourth-order valence-corrected chi connectivity index (χ4v) is 0.195. The summed E-state index contributed by atoms with van der Waals surface area (Å²) in [7, 11) is 2.43. The van der Waals surface area contributed by atoms with E-state index in [1.54, 1.807) is 0 Å². The number of nitrogens with one attached hydrogen (secondary N) is 3. The Balaban J connectivity index is 3.10. The van der Waals surface area contributed by atoms with Crippen molar-refractivity contribution < 1.29 is 15.3 Å². The number of hydroxylamine groups is 1. The summed E-state index contributed by atoms with van der Waals surface area (Å²) in [5, 5.41) is 18.9. The first-order valence-electron chi connectivity index (χ1n) is 2.02. The van der Waals surface area contributed by atoms with Gasteiger partial charge in [0.1, 0.15) is 0 Å². The largest absolute Gasteiger partial charge is 0.609 e. The van der Waals surface area contributed by atoms with Crippen molar-refractivity contribution in [2.75, 3.05) is 14.2 Å². The maximum atomic E-state index is 10.1. The first kappa shape index (κ1) is 7.76. The molecule has 0 fully saturated rings. The van der Waals surface area contributed by atoms with Gasteiger partial charge in [0, 0.05) is 5.53 Å². The molecule has 0 spiro atoms. The van der Waals surface area contributed by atoms with Crippen LogP contribution in [0.1, 0.15) is 0 Å². The average Bonchev–Trinajstić information content (AvgIpc) is 1.65. The van der Waals surface area contributed by atoms with Gasteiger partial charge in [0.2, 0.25) is 0 Å². The molecule has 0 saturated heterocycles. The molecule has 0 heterocycles. The maximum absolute atomic E-state index is 10.1. The van der Waals surface area contributed by atoms with E-state index in [-0.39, 0.29) is 0 Å². The van der Waals surface area contributed by atoms with Gasteiger partial charge in [0.25, 0.3) is 0 Å². The van der Waals surface area contributed by atoms with Crippen LogP contribution in [0.2, 0.25) is 0 Å². The highest BCUT2D eigenvalue weighted by Crippen LogP contribution is 1.24. The monoisotopic (exact) mass is 123 g/mol. The SMILES string of the molecule is CO[NH+]([O-])N[NH+](C)[O-]. The molecule has 0 amide bonds. The Labute approximate surface area is 46.7 Å². The molecule has 6 nitrogen and oxygen atoms in total. The Hall–Kier alpha value is -0.240. The molecule has 0 bridgehead atoms. The molecule has 2 unspecified atom stereocenters. The van der Waals surface area contributed by atoms with Gasteiger partial charge in [-0.2, -0.15) is 4.84 Å². The second-order valence-electron chi connectivity index (χ2n) is 1.17. The van der Waals surface area contributed by atoms with Crippen molar-refractivity contribution in [3.05, 3.63) is 10.4 Å². The standard InChI is InChI=1S/C2H9N3O3/c1-4(6)3-5(7)8-2/h3-5H,1-2H3. The molecule has 8 heavy (non-hydrogen) atoms. The van der Waals surface area contributed by atoms with E-state index in [0.717, 1.165) is 0 Å². The maximum Gasteiger partial charge on any atom is 0.0985 e. The second kappa shape index (κ2) is 3.72. The highest BCUT2D eigenvalue weighted by atomic mass is 16.9. The van der Waals surface area contributed by atoms with Crippen molar-refractivity contribution in [3.63, 3.8) is 0 Å². The van der Waals surface area contributed by atoms with Crippen molar-refractivity contribution in [2.24, 2.45) is 0 Å². The predicted octanol–water partition coefficient (Wildman–Crippen LogP) is -3.64. The molecule has 0 radical (unpaired) electrons. The summed E-state index contributed by atoms with van der Waals surface area (Å²) < 4.78 is 0. The summed E-state index contributed by atoms with van der Waals surface area (Å²) in [4.78, 5) is 4.09. The van der Waals surface area contributed by atoms with Gasteiger partial charge in [-0.25, -0.2) is 5.17 Å². The molecule has 50 valence electrons. The third kappa shape index (κ3) is 3.93.